The lowest BCUT2D eigenvalue weighted by atomic mass is 10.2. The van der Waals surface area contributed by atoms with E-state index in [1.807, 2.05) is 12.1 Å². The third kappa shape index (κ3) is 2.81. The fourth-order valence-corrected chi connectivity index (χ4v) is 1.60. The van der Waals surface area contributed by atoms with Crippen molar-refractivity contribution in [2.24, 2.45) is 0 Å². The molecule has 0 fully saturated rings. The number of rotatable bonds is 4. The van der Waals surface area contributed by atoms with E-state index in [0.29, 0.717) is 11.6 Å². The Balaban J connectivity index is 2.09. The second kappa shape index (κ2) is 5.10. The zero-order valence-corrected chi connectivity index (χ0v) is 10.4. The minimum absolute atomic E-state index is 0.104. The molecule has 6 heteroatoms. The van der Waals surface area contributed by atoms with Crippen molar-refractivity contribution in [3.8, 4) is 0 Å². The summed E-state index contributed by atoms with van der Waals surface area (Å²) in [5.41, 5.74) is 0.921. The van der Waals surface area contributed by atoms with Crippen molar-refractivity contribution in [2.75, 3.05) is 11.9 Å². The Labute approximate surface area is 109 Å². The lowest BCUT2D eigenvalue weighted by Gasteiger charge is -2.14. The molecule has 0 aliphatic heterocycles. The zero-order chi connectivity index (χ0) is 13.1. The zero-order valence-electron chi connectivity index (χ0n) is 9.63. The van der Waals surface area contributed by atoms with E-state index in [0.717, 1.165) is 11.8 Å². The molecule has 0 amide bonds. The summed E-state index contributed by atoms with van der Waals surface area (Å²) in [6, 6.07) is 7.63. The Hall–Kier alpha value is -2.01. The Bertz CT molecular complexity index is 551. The minimum Gasteiger partial charge on any atom is -0.476 e. The fourth-order valence-electron chi connectivity index (χ4n) is 1.47. The van der Waals surface area contributed by atoms with E-state index in [1.54, 1.807) is 24.1 Å². The van der Waals surface area contributed by atoms with Crippen LogP contribution in [-0.2, 0) is 6.54 Å². The topological polar surface area (TPSA) is 66.6 Å². The van der Waals surface area contributed by atoms with Crippen molar-refractivity contribution in [3.63, 3.8) is 0 Å². The number of hydrogen-bond donors (Lipinski definition) is 1. The van der Waals surface area contributed by atoms with E-state index in [4.69, 9.17) is 21.1 Å². The van der Waals surface area contributed by atoms with Gasteiger partial charge in [-0.3, -0.25) is 0 Å². The van der Waals surface area contributed by atoms with Crippen LogP contribution in [0.5, 0.6) is 0 Å². The number of carboxylic acid groups (broad SMARTS) is 1. The number of hydrogen-bond acceptors (Lipinski definition) is 4. The number of anilines is 1. The van der Waals surface area contributed by atoms with Gasteiger partial charge in [-0.2, -0.15) is 4.98 Å². The van der Waals surface area contributed by atoms with E-state index in [-0.39, 0.29) is 11.7 Å². The lowest BCUT2D eigenvalue weighted by molar-refractivity contribution is 0.0690. The Kier molecular flexibility index (Phi) is 3.53. The predicted molar refractivity (Wildman–Crippen MR) is 67.0 cm³/mol. The van der Waals surface area contributed by atoms with Crippen molar-refractivity contribution in [3.05, 3.63) is 46.8 Å². The van der Waals surface area contributed by atoms with Crippen molar-refractivity contribution >= 4 is 23.6 Å². The first kappa shape index (κ1) is 12.4. The maximum Gasteiger partial charge on any atom is 0.357 e. The van der Waals surface area contributed by atoms with Gasteiger partial charge in [0.05, 0.1) is 0 Å². The molecule has 18 heavy (non-hydrogen) atoms. The first-order valence-corrected chi connectivity index (χ1v) is 5.58. The number of nitrogens with zero attached hydrogens (tertiary/aromatic N) is 2. The summed E-state index contributed by atoms with van der Waals surface area (Å²) < 4.78 is 5.09. The molecule has 5 nitrogen and oxygen atoms in total. The van der Waals surface area contributed by atoms with Gasteiger partial charge in [0.1, 0.15) is 6.26 Å². The number of aromatic nitrogens is 1. The minimum atomic E-state index is -1.11. The van der Waals surface area contributed by atoms with Gasteiger partial charge in [0, 0.05) is 18.6 Å². The molecule has 1 N–H and O–H groups in total. The highest BCUT2D eigenvalue weighted by molar-refractivity contribution is 6.30. The van der Waals surface area contributed by atoms with Crippen molar-refractivity contribution in [1.82, 2.24) is 4.98 Å². The molecule has 1 aromatic carbocycles. The number of benzene rings is 1. The summed E-state index contributed by atoms with van der Waals surface area (Å²) in [6.07, 6.45) is 1.12. The van der Waals surface area contributed by atoms with Crippen molar-refractivity contribution in [1.29, 1.82) is 0 Å². The monoisotopic (exact) mass is 266 g/mol. The highest BCUT2D eigenvalue weighted by Crippen LogP contribution is 2.16. The molecule has 0 radical (unpaired) electrons. The normalized spacial score (nSPS) is 10.3. The molecule has 1 aromatic heterocycles. The van der Waals surface area contributed by atoms with Gasteiger partial charge in [0.15, 0.2) is 5.69 Å². The molecule has 2 aromatic rings. The quantitative estimate of drug-likeness (QED) is 0.921. The molecule has 0 aliphatic carbocycles. The Morgan fingerprint density at radius 3 is 2.67 bits per heavy atom. The van der Waals surface area contributed by atoms with E-state index in [2.05, 4.69) is 4.98 Å². The van der Waals surface area contributed by atoms with Gasteiger partial charge in [0.25, 0.3) is 6.01 Å². The van der Waals surface area contributed by atoms with Gasteiger partial charge in [-0.15, -0.1) is 0 Å². The third-order valence-electron chi connectivity index (χ3n) is 2.37. The summed E-state index contributed by atoms with van der Waals surface area (Å²) in [4.78, 5) is 16.3. The van der Waals surface area contributed by atoms with E-state index in [1.165, 1.54) is 0 Å². The van der Waals surface area contributed by atoms with Crippen LogP contribution in [0.4, 0.5) is 6.01 Å². The Morgan fingerprint density at radius 1 is 1.44 bits per heavy atom. The molecule has 0 saturated carbocycles. The number of carboxylic acids is 1. The van der Waals surface area contributed by atoms with Crippen LogP contribution in [0.15, 0.2) is 34.9 Å². The average molecular weight is 267 g/mol. The number of halogens is 1. The molecule has 1 heterocycles. The molecule has 0 unspecified atom stereocenters. The van der Waals surface area contributed by atoms with Crippen LogP contribution in [-0.4, -0.2) is 23.1 Å². The van der Waals surface area contributed by atoms with Gasteiger partial charge >= 0.3 is 5.97 Å². The number of oxazole rings is 1. The molecule has 0 saturated heterocycles. The van der Waals surface area contributed by atoms with Gasteiger partial charge in [-0.05, 0) is 17.7 Å². The maximum absolute atomic E-state index is 10.7. The fraction of sp³-hybridized carbons (Fsp3) is 0.167. The summed E-state index contributed by atoms with van der Waals surface area (Å²) in [6.45, 7) is 0.552. The van der Waals surface area contributed by atoms with Crippen LogP contribution < -0.4 is 4.90 Å². The molecule has 0 aliphatic rings. The maximum atomic E-state index is 10.7. The van der Waals surface area contributed by atoms with Gasteiger partial charge < -0.3 is 14.4 Å². The smallest absolute Gasteiger partial charge is 0.357 e. The Morgan fingerprint density at radius 2 is 2.11 bits per heavy atom. The second-order valence-electron chi connectivity index (χ2n) is 3.80. The average Bonchev–Trinajstić information content (AvgIpc) is 2.81. The van der Waals surface area contributed by atoms with Gasteiger partial charge in [0.2, 0.25) is 0 Å². The van der Waals surface area contributed by atoms with Crippen LogP contribution >= 0.6 is 11.6 Å². The molecule has 2 rings (SSSR count). The first-order chi connectivity index (χ1) is 8.56. The summed E-state index contributed by atoms with van der Waals surface area (Å²) in [5.74, 6) is -1.11. The lowest BCUT2D eigenvalue weighted by Crippen LogP contribution is -2.16. The summed E-state index contributed by atoms with van der Waals surface area (Å²) >= 11 is 5.79. The third-order valence-corrected chi connectivity index (χ3v) is 2.62. The van der Waals surface area contributed by atoms with Crippen LogP contribution in [0.25, 0.3) is 0 Å². The van der Waals surface area contributed by atoms with Crippen molar-refractivity contribution in [2.45, 2.75) is 6.54 Å². The SMILES string of the molecule is CN(Cc1ccc(Cl)cc1)c1nc(C(=O)O)co1. The molecule has 94 valence electrons. The van der Waals surface area contributed by atoms with E-state index in [9.17, 15) is 4.79 Å². The number of aromatic carboxylic acids is 1. The predicted octanol–water partition coefficient (Wildman–Crippen LogP) is 2.66. The van der Waals surface area contributed by atoms with Crippen LogP contribution in [0.1, 0.15) is 16.1 Å². The molecule has 0 bridgehead atoms. The summed E-state index contributed by atoms with van der Waals surface area (Å²) in [5, 5.41) is 9.42. The molecular formula is C12H11ClN2O3. The summed E-state index contributed by atoms with van der Waals surface area (Å²) in [7, 11) is 1.77. The van der Waals surface area contributed by atoms with Crippen molar-refractivity contribution < 1.29 is 14.3 Å². The van der Waals surface area contributed by atoms with Gasteiger partial charge in [-0.25, -0.2) is 4.79 Å². The first-order valence-electron chi connectivity index (χ1n) is 5.20. The molecule has 0 atom stereocenters. The van der Waals surface area contributed by atoms with Crippen LogP contribution in [0, 0.1) is 0 Å². The largest absolute Gasteiger partial charge is 0.476 e. The highest BCUT2D eigenvalue weighted by Gasteiger charge is 2.13. The molecule has 0 spiro atoms. The number of carbonyl (C=O) groups is 1. The van der Waals surface area contributed by atoms with Gasteiger partial charge in [-0.1, -0.05) is 23.7 Å². The highest BCUT2D eigenvalue weighted by atomic mass is 35.5. The van der Waals surface area contributed by atoms with E-state index >= 15 is 0 Å². The van der Waals surface area contributed by atoms with Crippen LogP contribution in [0.2, 0.25) is 5.02 Å². The van der Waals surface area contributed by atoms with E-state index < -0.39 is 5.97 Å². The van der Waals surface area contributed by atoms with Crippen LogP contribution in [0.3, 0.4) is 0 Å². The standard InChI is InChI=1S/C12H11ClN2O3/c1-15(6-8-2-4-9(13)5-3-8)12-14-10(7-18-12)11(16)17/h2-5,7H,6H2,1H3,(H,16,17). The molecular weight excluding hydrogens is 256 g/mol. The second-order valence-corrected chi connectivity index (χ2v) is 4.24.